The second-order valence-corrected chi connectivity index (χ2v) is 6.98. The Hall–Kier alpha value is -3.49. The fourth-order valence-corrected chi connectivity index (χ4v) is 3.47. The lowest BCUT2D eigenvalue weighted by molar-refractivity contribution is -0.117. The van der Waals surface area contributed by atoms with Crippen LogP contribution in [0.2, 0.25) is 0 Å². The first kappa shape index (κ1) is 17.6. The minimum Gasteiger partial charge on any atom is -0.490 e. The number of hydrogen-bond donors (Lipinski definition) is 2. The van der Waals surface area contributed by atoms with Gasteiger partial charge in [0.1, 0.15) is 11.8 Å². The molecule has 1 aliphatic rings. The predicted octanol–water partition coefficient (Wildman–Crippen LogP) is 3.71. The monoisotopic (exact) mass is 397 g/mol. The Morgan fingerprint density at radius 3 is 3.00 bits per heavy atom. The second kappa shape index (κ2) is 6.54. The normalized spacial score (nSPS) is 18.3. The van der Waals surface area contributed by atoms with Gasteiger partial charge in [0.2, 0.25) is 5.91 Å². The lowest BCUT2D eigenvalue weighted by atomic mass is 10.0. The molecule has 0 unspecified atom stereocenters. The zero-order valence-electron chi connectivity index (χ0n) is 15.4. The van der Waals surface area contributed by atoms with Crippen molar-refractivity contribution in [1.29, 1.82) is 0 Å². The number of H-pyrrole nitrogens is 1. The molecular weight excluding hydrogens is 380 g/mol. The van der Waals surface area contributed by atoms with Gasteiger partial charge in [0.05, 0.1) is 30.4 Å². The molecule has 2 N–H and O–H groups in total. The fraction of sp³-hybridized carbons (Fsp3) is 0.250. The maximum atomic E-state index is 14.6. The summed E-state index contributed by atoms with van der Waals surface area (Å²) in [6, 6.07) is 4.92. The largest absolute Gasteiger partial charge is 0.490 e. The van der Waals surface area contributed by atoms with E-state index in [9.17, 15) is 13.6 Å². The molecule has 3 heterocycles. The van der Waals surface area contributed by atoms with Crippen molar-refractivity contribution in [3.05, 3.63) is 42.6 Å². The van der Waals surface area contributed by atoms with Gasteiger partial charge in [-0.1, -0.05) is 0 Å². The van der Waals surface area contributed by atoms with E-state index in [0.29, 0.717) is 34.7 Å². The fourth-order valence-electron chi connectivity index (χ4n) is 3.47. The Labute approximate surface area is 163 Å². The molecule has 1 aromatic carbocycles. The van der Waals surface area contributed by atoms with Crippen LogP contribution < -0.4 is 10.1 Å². The Kier molecular flexibility index (Phi) is 3.97. The zero-order valence-corrected chi connectivity index (χ0v) is 15.4. The molecule has 2 atom stereocenters. The van der Waals surface area contributed by atoms with E-state index < -0.39 is 17.9 Å². The topological polar surface area (TPSA) is 84.3 Å². The van der Waals surface area contributed by atoms with Crippen LogP contribution >= 0.6 is 0 Å². The van der Waals surface area contributed by atoms with Gasteiger partial charge in [-0.05, 0) is 25.5 Å². The number of anilines is 1. The van der Waals surface area contributed by atoms with Crippen molar-refractivity contribution in [2.24, 2.45) is 5.92 Å². The lowest BCUT2D eigenvalue weighted by Gasteiger charge is -2.13. The summed E-state index contributed by atoms with van der Waals surface area (Å²) in [5, 5.41) is 10.2. The summed E-state index contributed by atoms with van der Waals surface area (Å²) >= 11 is 0. The van der Waals surface area contributed by atoms with Gasteiger partial charge in [0.25, 0.3) is 0 Å². The number of carbonyl (C=O) groups is 1. The highest BCUT2D eigenvalue weighted by molar-refractivity contribution is 5.98. The average molecular weight is 397 g/mol. The number of ether oxygens (including phenoxy) is 1. The number of pyridine rings is 1. The van der Waals surface area contributed by atoms with Crippen molar-refractivity contribution in [3.8, 4) is 16.9 Å². The second-order valence-electron chi connectivity index (χ2n) is 6.98. The maximum Gasteiger partial charge on any atom is 0.231 e. The Bertz CT molecular complexity index is 1250. The summed E-state index contributed by atoms with van der Waals surface area (Å²) in [5.74, 6) is -0.959. The summed E-state index contributed by atoms with van der Waals surface area (Å²) in [5.41, 5.74) is 2.43. The number of hydrogen-bond acceptors (Lipinski definition) is 4. The Morgan fingerprint density at radius 2 is 2.24 bits per heavy atom. The first-order valence-electron chi connectivity index (χ1n) is 9.27. The highest BCUT2D eigenvalue weighted by Gasteiger charge is 2.43. The first-order valence-corrected chi connectivity index (χ1v) is 9.27. The smallest absolute Gasteiger partial charge is 0.231 e. The molecule has 9 heteroatoms. The molecule has 1 aliphatic carbocycles. The summed E-state index contributed by atoms with van der Waals surface area (Å²) in [7, 11) is 0. The van der Waals surface area contributed by atoms with Gasteiger partial charge >= 0.3 is 0 Å². The maximum absolute atomic E-state index is 14.6. The van der Waals surface area contributed by atoms with Crippen molar-refractivity contribution in [3.63, 3.8) is 0 Å². The van der Waals surface area contributed by atoms with E-state index in [-0.39, 0.29) is 18.1 Å². The summed E-state index contributed by atoms with van der Waals surface area (Å²) in [6.07, 6.45) is 4.22. The van der Waals surface area contributed by atoms with E-state index >= 15 is 0 Å². The molecule has 1 saturated carbocycles. The number of nitrogens with zero attached hydrogens (tertiary/aromatic N) is 3. The molecule has 0 spiro atoms. The third-order valence-electron chi connectivity index (χ3n) is 4.98. The van der Waals surface area contributed by atoms with Crippen LogP contribution in [-0.2, 0) is 4.79 Å². The average Bonchev–Trinajstić information content (AvgIpc) is 3.08. The lowest BCUT2D eigenvalue weighted by Crippen LogP contribution is -2.15. The van der Waals surface area contributed by atoms with Crippen LogP contribution in [0.25, 0.3) is 27.7 Å². The number of halogens is 2. The standard InChI is InChI=1S/C20H17F2N5O2/c1-2-29-19-14(22)6-15-12(7-23-26-15)18(19)10-3-4-17-24-16(9-27(17)8-10)25-20(28)11-5-13(11)21/h3-4,6-9,11,13H,2,5H2,1H3,(H,23,26)(H,25,28)/t11-,13+/m1/s1. The van der Waals surface area contributed by atoms with Crippen molar-refractivity contribution in [2.45, 2.75) is 19.5 Å². The van der Waals surface area contributed by atoms with Crippen LogP contribution in [-0.4, -0.2) is 38.3 Å². The molecule has 3 aromatic heterocycles. The highest BCUT2D eigenvalue weighted by Crippen LogP contribution is 2.39. The number of aromatic amines is 1. The van der Waals surface area contributed by atoms with Gasteiger partial charge in [0, 0.05) is 28.8 Å². The molecule has 7 nitrogen and oxygen atoms in total. The van der Waals surface area contributed by atoms with E-state index in [0.717, 1.165) is 5.39 Å². The van der Waals surface area contributed by atoms with Gasteiger partial charge in [0.15, 0.2) is 17.4 Å². The third kappa shape index (κ3) is 2.98. The van der Waals surface area contributed by atoms with E-state index in [1.807, 2.05) is 0 Å². The van der Waals surface area contributed by atoms with E-state index in [4.69, 9.17) is 4.74 Å². The number of rotatable bonds is 5. The quantitative estimate of drug-likeness (QED) is 0.538. The molecule has 0 bridgehead atoms. The van der Waals surface area contributed by atoms with Crippen LogP contribution in [0.15, 0.2) is 36.8 Å². The summed E-state index contributed by atoms with van der Waals surface area (Å²) < 4.78 is 35.0. The molecular formula is C20H17F2N5O2. The summed E-state index contributed by atoms with van der Waals surface area (Å²) in [6.45, 7) is 2.10. The van der Waals surface area contributed by atoms with Crippen LogP contribution in [0.3, 0.4) is 0 Å². The Balaban J connectivity index is 1.58. The predicted molar refractivity (Wildman–Crippen MR) is 103 cm³/mol. The van der Waals surface area contributed by atoms with Gasteiger partial charge in [-0.3, -0.25) is 9.89 Å². The van der Waals surface area contributed by atoms with E-state index in [1.54, 1.807) is 42.0 Å². The molecule has 0 aliphatic heterocycles. The van der Waals surface area contributed by atoms with Gasteiger partial charge in [-0.15, -0.1) is 0 Å². The zero-order chi connectivity index (χ0) is 20.1. The molecule has 0 radical (unpaired) electrons. The molecule has 1 amide bonds. The van der Waals surface area contributed by atoms with Gasteiger partial charge in [-0.2, -0.15) is 5.10 Å². The molecule has 1 fully saturated rings. The molecule has 148 valence electrons. The molecule has 5 rings (SSSR count). The molecule has 29 heavy (non-hydrogen) atoms. The van der Waals surface area contributed by atoms with E-state index in [1.165, 1.54) is 6.07 Å². The number of nitrogens with one attached hydrogen (secondary N) is 2. The number of benzene rings is 1. The number of alkyl halides is 1. The van der Waals surface area contributed by atoms with Crippen molar-refractivity contribution in [1.82, 2.24) is 19.6 Å². The number of amides is 1. The van der Waals surface area contributed by atoms with Gasteiger partial charge in [-0.25, -0.2) is 13.8 Å². The minimum absolute atomic E-state index is 0.150. The van der Waals surface area contributed by atoms with Crippen molar-refractivity contribution >= 4 is 28.3 Å². The minimum atomic E-state index is -1.07. The van der Waals surface area contributed by atoms with Crippen LogP contribution in [0.4, 0.5) is 14.6 Å². The Morgan fingerprint density at radius 1 is 1.41 bits per heavy atom. The summed E-state index contributed by atoms with van der Waals surface area (Å²) in [4.78, 5) is 16.3. The van der Waals surface area contributed by atoms with Crippen LogP contribution in [0.5, 0.6) is 5.75 Å². The number of carbonyl (C=O) groups excluding carboxylic acids is 1. The van der Waals surface area contributed by atoms with Crippen molar-refractivity contribution < 1.29 is 18.3 Å². The molecule has 4 aromatic rings. The highest BCUT2D eigenvalue weighted by atomic mass is 19.1. The number of aromatic nitrogens is 4. The third-order valence-corrected chi connectivity index (χ3v) is 4.98. The van der Waals surface area contributed by atoms with E-state index in [2.05, 4.69) is 20.5 Å². The van der Waals surface area contributed by atoms with Crippen LogP contribution in [0.1, 0.15) is 13.3 Å². The SMILES string of the molecule is CCOc1c(F)cc2[nH]ncc2c1-c1ccc2nc(NC(=O)[C@@H]3C[C@@H]3F)cn2c1. The number of imidazole rings is 1. The van der Waals surface area contributed by atoms with Gasteiger partial charge < -0.3 is 14.5 Å². The first-order chi connectivity index (χ1) is 14.0. The van der Waals surface area contributed by atoms with Crippen molar-refractivity contribution in [2.75, 3.05) is 11.9 Å². The molecule has 0 saturated heterocycles. The number of fused-ring (bicyclic) bond motifs is 2. The van der Waals surface area contributed by atoms with Crippen LogP contribution in [0, 0.1) is 11.7 Å².